The molecule has 2 nitrogen and oxygen atoms in total. The minimum absolute atomic E-state index is 0.813. The Bertz CT molecular complexity index is 633. The predicted molar refractivity (Wildman–Crippen MR) is 85.4 cm³/mol. The van der Waals surface area contributed by atoms with Crippen LogP contribution < -0.4 is 4.74 Å². The Morgan fingerprint density at radius 3 is 2.90 bits per heavy atom. The molecule has 1 aliphatic heterocycles. The van der Waals surface area contributed by atoms with Gasteiger partial charge in [0.2, 0.25) is 0 Å². The van der Waals surface area contributed by atoms with Crippen LogP contribution >= 0.6 is 0 Å². The van der Waals surface area contributed by atoms with E-state index in [2.05, 4.69) is 25.6 Å². The minimum Gasteiger partial charge on any atom is -0.464 e. The number of allylic oxidation sites excluding steroid dienone is 6. The van der Waals surface area contributed by atoms with E-state index in [4.69, 9.17) is 10.1 Å². The Balaban J connectivity index is 2.42. The molecule has 0 bridgehead atoms. The van der Waals surface area contributed by atoms with Crippen molar-refractivity contribution in [3.05, 3.63) is 71.5 Å². The largest absolute Gasteiger partial charge is 0.464 e. The second-order valence-corrected chi connectivity index (χ2v) is 4.90. The first-order chi connectivity index (χ1) is 9.61. The number of hydrogen-bond donors (Lipinski definition) is 1. The van der Waals surface area contributed by atoms with Crippen LogP contribution in [0.4, 0.5) is 0 Å². The van der Waals surface area contributed by atoms with Crippen LogP contribution in [0.25, 0.3) is 5.57 Å². The number of benzene rings is 1. The van der Waals surface area contributed by atoms with E-state index < -0.39 is 0 Å². The lowest BCUT2D eigenvalue weighted by atomic mass is 9.96. The summed E-state index contributed by atoms with van der Waals surface area (Å²) in [6, 6.07) is 4.18. The van der Waals surface area contributed by atoms with Gasteiger partial charge >= 0.3 is 0 Å². The number of nitrogens with one attached hydrogen (secondary N) is 1. The average Bonchev–Trinajstić information content (AvgIpc) is 2.43. The molecule has 0 amide bonds. The molecule has 1 aliphatic rings. The molecule has 0 spiro atoms. The van der Waals surface area contributed by atoms with Crippen LogP contribution in [0.15, 0.2) is 54.9 Å². The summed E-state index contributed by atoms with van der Waals surface area (Å²) in [5.41, 5.74) is 5.34. The van der Waals surface area contributed by atoms with E-state index in [0.717, 1.165) is 28.9 Å². The summed E-state index contributed by atoms with van der Waals surface area (Å²) in [4.78, 5) is 0. The Morgan fingerprint density at radius 2 is 2.15 bits per heavy atom. The lowest BCUT2D eigenvalue weighted by Gasteiger charge is -2.14. The van der Waals surface area contributed by atoms with Crippen molar-refractivity contribution in [3.63, 3.8) is 0 Å². The maximum Gasteiger partial charge on any atom is 0.134 e. The quantitative estimate of drug-likeness (QED) is 0.795. The Hall–Kier alpha value is -2.35. The van der Waals surface area contributed by atoms with E-state index in [-0.39, 0.29) is 0 Å². The highest BCUT2D eigenvalue weighted by Crippen LogP contribution is 2.31. The lowest BCUT2D eigenvalue weighted by molar-refractivity contribution is 0.479. The van der Waals surface area contributed by atoms with Crippen LogP contribution in [0.3, 0.4) is 0 Å². The Kier molecular flexibility index (Phi) is 4.36. The van der Waals surface area contributed by atoms with Crippen LogP contribution in [0.5, 0.6) is 5.75 Å². The molecule has 2 heteroatoms. The van der Waals surface area contributed by atoms with Crippen LogP contribution in [0.2, 0.25) is 0 Å². The molecule has 0 unspecified atom stereocenters. The number of ether oxygens (including phenoxy) is 1. The summed E-state index contributed by atoms with van der Waals surface area (Å²) in [5, 5.41) is 7.22. The average molecular weight is 265 g/mol. The predicted octanol–water partition coefficient (Wildman–Crippen LogP) is 4.61. The lowest BCUT2D eigenvalue weighted by Crippen LogP contribution is -1.97. The van der Waals surface area contributed by atoms with Crippen LogP contribution in [-0.4, -0.2) is 6.21 Å². The molecule has 0 saturated carbocycles. The summed E-state index contributed by atoms with van der Waals surface area (Å²) < 4.78 is 5.64. The van der Waals surface area contributed by atoms with E-state index in [1.807, 2.05) is 31.2 Å². The van der Waals surface area contributed by atoms with Gasteiger partial charge in [-0.15, -0.1) is 0 Å². The first kappa shape index (κ1) is 14.1. The zero-order valence-corrected chi connectivity index (χ0v) is 11.9. The van der Waals surface area contributed by atoms with Crippen LogP contribution in [-0.2, 0) is 6.42 Å². The molecule has 1 aromatic carbocycles. The maximum atomic E-state index is 7.22. The topological polar surface area (TPSA) is 33.1 Å². The summed E-state index contributed by atoms with van der Waals surface area (Å²) in [6.07, 6.45) is 11.7. The van der Waals surface area contributed by atoms with Gasteiger partial charge in [0.15, 0.2) is 0 Å². The summed E-state index contributed by atoms with van der Waals surface area (Å²) in [5.74, 6) is 0.838. The molecule has 0 fully saturated rings. The highest BCUT2D eigenvalue weighted by atomic mass is 16.5. The van der Waals surface area contributed by atoms with Crippen molar-refractivity contribution < 1.29 is 4.74 Å². The fourth-order valence-electron chi connectivity index (χ4n) is 2.04. The van der Waals surface area contributed by atoms with Crippen molar-refractivity contribution in [2.75, 3.05) is 0 Å². The van der Waals surface area contributed by atoms with Gasteiger partial charge in [0.05, 0.1) is 6.26 Å². The fourth-order valence-corrected chi connectivity index (χ4v) is 2.04. The molecule has 0 aliphatic carbocycles. The molecule has 0 atom stereocenters. The van der Waals surface area contributed by atoms with Crippen molar-refractivity contribution >= 4 is 11.8 Å². The fraction of sp³-hybridized carbons (Fsp3) is 0.167. The van der Waals surface area contributed by atoms with E-state index in [1.165, 1.54) is 17.3 Å². The van der Waals surface area contributed by atoms with E-state index in [0.29, 0.717) is 0 Å². The standard InChI is InChI=1S/C18H19NO/c1-13(12-19)7-8-16-11-17-14(2)6-4-5-9-20-18(17)10-15(16)3/h4-7,9-12,19H,2,8H2,1,3H3/b6-4-,9-5-,13-7-,19-12?. The van der Waals surface area contributed by atoms with E-state index in [1.54, 1.807) is 6.26 Å². The third-order valence-electron chi connectivity index (χ3n) is 3.34. The third kappa shape index (κ3) is 3.15. The Labute approximate surface area is 120 Å². The van der Waals surface area contributed by atoms with Gasteiger partial charge < -0.3 is 10.1 Å². The van der Waals surface area contributed by atoms with Gasteiger partial charge in [0.25, 0.3) is 0 Å². The van der Waals surface area contributed by atoms with Gasteiger partial charge in [0, 0.05) is 11.8 Å². The molecule has 2 rings (SSSR count). The highest BCUT2D eigenvalue weighted by molar-refractivity contribution is 5.78. The van der Waals surface area contributed by atoms with Crippen molar-refractivity contribution in [1.29, 1.82) is 5.41 Å². The molecule has 1 heterocycles. The number of rotatable bonds is 3. The summed E-state index contributed by atoms with van der Waals surface area (Å²) >= 11 is 0. The first-order valence-corrected chi connectivity index (χ1v) is 6.61. The highest BCUT2D eigenvalue weighted by Gasteiger charge is 2.10. The molecule has 102 valence electrons. The third-order valence-corrected chi connectivity index (χ3v) is 3.34. The monoisotopic (exact) mass is 265 g/mol. The summed E-state index contributed by atoms with van der Waals surface area (Å²) in [7, 11) is 0. The second-order valence-electron chi connectivity index (χ2n) is 4.90. The number of hydrogen-bond acceptors (Lipinski definition) is 2. The SMILES string of the molecule is C=C1/C=C\C=C/Oc2cc(C)c(C/C=C(/C)C=N)cc21. The smallest absolute Gasteiger partial charge is 0.134 e. The molecule has 0 aromatic heterocycles. The second kappa shape index (κ2) is 6.20. The van der Waals surface area contributed by atoms with Gasteiger partial charge in [-0.05, 0) is 60.8 Å². The van der Waals surface area contributed by atoms with Gasteiger partial charge in [-0.25, -0.2) is 0 Å². The first-order valence-electron chi connectivity index (χ1n) is 6.61. The molecule has 1 aromatic rings. The van der Waals surface area contributed by atoms with Gasteiger partial charge in [-0.3, -0.25) is 0 Å². The van der Waals surface area contributed by atoms with E-state index in [9.17, 15) is 0 Å². The molecule has 20 heavy (non-hydrogen) atoms. The zero-order valence-electron chi connectivity index (χ0n) is 11.9. The van der Waals surface area contributed by atoms with Crippen LogP contribution in [0, 0.1) is 12.3 Å². The normalized spacial score (nSPS) is 17.5. The number of aryl methyl sites for hydroxylation is 1. The molecular formula is C18H19NO. The van der Waals surface area contributed by atoms with Crippen molar-refractivity contribution in [1.82, 2.24) is 0 Å². The molecular weight excluding hydrogens is 246 g/mol. The van der Waals surface area contributed by atoms with Crippen LogP contribution in [0.1, 0.15) is 23.6 Å². The van der Waals surface area contributed by atoms with Crippen molar-refractivity contribution in [2.24, 2.45) is 0 Å². The van der Waals surface area contributed by atoms with Gasteiger partial charge in [-0.2, -0.15) is 0 Å². The molecule has 0 radical (unpaired) electrons. The number of fused-ring (bicyclic) bond motifs is 1. The van der Waals surface area contributed by atoms with E-state index >= 15 is 0 Å². The summed E-state index contributed by atoms with van der Waals surface area (Å²) in [6.45, 7) is 8.10. The zero-order chi connectivity index (χ0) is 14.5. The van der Waals surface area contributed by atoms with Gasteiger partial charge in [-0.1, -0.05) is 24.8 Å². The van der Waals surface area contributed by atoms with Crippen molar-refractivity contribution in [2.45, 2.75) is 20.3 Å². The van der Waals surface area contributed by atoms with Gasteiger partial charge in [0.1, 0.15) is 5.75 Å². The Morgan fingerprint density at radius 1 is 1.35 bits per heavy atom. The molecule has 1 N–H and O–H groups in total. The van der Waals surface area contributed by atoms with Crippen molar-refractivity contribution in [3.8, 4) is 5.75 Å². The minimum atomic E-state index is 0.813. The maximum absolute atomic E-state index is 7.22. The molecule has 0 saturated heterocycles.